The lowest BCUT2D eigenvalue weighted by Gasteiger charge is -2.02. The lowest BCUT2D eigenvalue weighted by molar-refractivity contribution is 0.425. The van der Waals surface area contributed by atoms with Crippen molar-refractivity contribution in [3.8, 4) is 11.5 Å². The molecule has 0 radical (unpaired) electrons. The van der Waals surface area contributed by atoms with Crippen molar-refractivity contribution in [1.29, 1.82) is 0 Å². The van der Waals surface area contributed by atoms with E-state index in [1.807, 2.05) is 34.7 Å². The summed E-state index contributed by atoms with van der Waals surface area (Å²) in [5, 5.41) is 3.76. The Morgan fingerprint density at radius 2 is 2.07 bits per heavy atom. The minimum atomic E-state index is 0.593. The van der Waals surface area contributed by atoms with E-state index < -0.39 is 0 Å². The number of hydrogen-bond acceptors (Lipinski definition) is 3. The molecule has 1 aromatic carbocycles. The summed E-state index contributed by atoms with van der Waals surface area (Å²) >= 11 is 2.03. The molecule has 0 spiro atoms. The summed E-state index contributed by atoms with van der Waals surface area (Å²) in [6.45, 7) is 4.13. The van der Waals surface area contributed by atoms with Gasteiger partial charge in [0.05, 0.1) is 0 Å². The molecule has 0 fully saturated rings. The zero-order valence-corrected chi connectivity index (χ0v) is 10.1. The zero-order valence-electron chi connectivity index (χ0n) is 7.91. The summed E-state index contributed by atoms with van der Waals surface area (Å²) in [6, 6.07) is 6.06. The van der Waals surface area contributed by atoms with Gasteiger partial charge < -0.3 is 4.52 Å². The third-order valence-electron chi connectivity index (χ3n) is 2.24. The number of halogens is 1. The van der Waals surface area contributed by atoms with E-state index >= 15 is 0 Å². The van der Waals surface area contributed by atoms with Crippen molar-refractivity contribution in [2.75, 3.05) is 0 Å². The second kappa shape index (κ2) is 3.68. The van der Waals surface area contributed by atoms with E-state index in [4.69, 9.17) is 4.52 Å². The Hall–Kier alpha value is -0.910. The van der Waals surface area contributed by atoms with Gasteiger partial charge in [-0.2, -0.15) is 4.98 Å². The number of aryl methyl sites for hydroxylation is 1. The van der Waals surface area contributed by atoms with Gasteiger partial charge in [0.15, 0.2) is 0 Å². The van der Waals surface area contributed by atoms with Gasteiger partial charge in [-0.25, -0.2) is 0 Å². The van der Waals surface area contributed by atoms with E-state index in [0.29, 0.717) is 9.72 Å². The second-order valence-electron chi connectivity index (χ2n) is 3.12. The molecule has 0 unspecified atom stereocenters. The predicted molar refractivity (Wildman–Crippen MR) is 61.9 cm³/mol. The van der Waals surface area contributed by atoms with Crippen molar-refractivity contribution < 1.29 is 4.52 Å². The van der Waals surface area contributed by atoms with Gasteiger partial charge in [0.25, 0.3) is 5.89 Å². The highest BCUT2D eigenvalue weighted by molar-refractivity contribution is 14.1. The Morgan fingerprint density at radius 1 is 1.29 bits per heavy atom. The van der Waals surface area contributed by atoms with Gasteiger partial charge >= 0.3 is 0 Å². The first-order valence-electron chi connectivity index (χ1n) is 4.24. The van der Waals surface area contributed by atoms with Crippen LogP contribution in [-0.2, 0) is 0 Å². The van der Waals surface area contributed by atoms with Gasteiger partial charge in [-0.15, -0.1) is 0 Å². The molecule has 0 aliphatic rings. The number of aromatic nitrogens is 2. The van der Waals surface area contributed by atoms with E-state index in [-0.39, 0.29) is 0 Å². The third kappa shape index (κ3) is 1.66. The van der Waals surface area contributed by atoms with Crippen LogP contribution in [0.4, 0.5) is 0 Å². The van der Waals surface area contributed by atoms with Gasteiger partial charge in [0, 0.05) is 28.2 Å². The maximum atomic E-state index is 5.12. The molecule has 3 nitrogen and oxygen atoms in total. The summed E-state index contributed by atoms with van der Waals surface area (Å²) < 4.78 is 5.76. The quantitative estimate of drug-likeness (QED) is 0.760. The van der Waals surface area contributed by atoms with Crippen LogP contribution in [-0.4, -0.2) is 10.1 Å². The standard InChI is InChI=1S/C10H9IN2O/c1-6-4-3-5-8(7(6)2)9-12-10(11)13-14-9/h3-5H,1-2H3. The van der Waals surface area contributed by atoms with Crippen molar-refractivity contribution in [1.82, 2.24) is 10.1 Å². The summed E-state index contributed by atoms with van der Waals surface area (Å²) in [6.07, 6.45) is 0. The van der Waals surface area contributed by atoms with E-state index in [1.165, 1.54) is 11.1 Å². The van der Waals surface area contributed by atoms with Gasteiger partial charge in [-0.3, -0.25) is 0 Å². The van der Waals surface area contributed by atoms with Crippen molar-refractivity contribution in [2.24, 2.45) is 0 Å². The minimum absolute atomic E-state index is 0.593. The number of rotatable bonds is 1. The van der Waals surface area contributed by atoms with Gasteiger partial charge in [-0.1, -0.05) is 17.3 Å². The predicted octanol–water partition coefficient (Wildman–Crippen LogP) is 2.96. The molecular weight excluding hydrogens is 291 g/mol. The summed E-state index contributed by atoms with van der Waals surface area (Å²) in [5.41, 5.74) is 3.43. The Morgan fingerprint density at radius 3 is 2.71 bits per heavy atom. The molecular formula is C10H9IN2O. The lowest BCUT2D eigenvalue weighted by Crippen LogP contribution is -1.86. The number of benzene rings is 1. The highest BCUT2D eigenvalue weighted by Gasteiger charge is 2.10. The zero-order chi connectivity index (χ0) is 10.1. The largest absolute Gasteiger partial charge is 0.333 e. The Bertz CT molecular complexity index is 465. The number of nitrogens with zero attached hydrogens (tertiary/aromatic N) is 2. The molecule has 0 amide bonds. The van der Waals surface area contributed by atoms with Crippen LogP contribution in [0.3, 0.4) is 0 Å². The van der Waals surface area contributed by atoms with Crippen LogP contribution in [0.5, 0.6) is 0 Å². The summed E-state index contributed by atoms with van der Waals surface area (Å²) in [5.74, 6) is 0.593. The molecule has 0 saturated heterocycles. The fourth-order valence-electron chi connectivity index (χ4n) is 1.30. The fraction of sp³-hybridized carbons (Fsp3) is 0.200. The van der Waals surface area contributed by atoms with Crippen LogP contribution in [0.15, 0.2) is 22.7 Å². The van der Waals surface area contributed by atoms with Gasteiger partial charge in [0.2, 0.25) is 3.83 Å². The SMILES string of the molecule is Cc1cccc(-c2nc(I)no2)c1C. The third-order valence-corrected chi connectivity index (χ3v) is 2.67. The Labute approximate surface area is 95.7 Å². The summed E-state index contributed by atoms with van der Waals surface area (Å²) in [7, 11) is 0. The van der Waals surface area contributed by atoms with Crippen LogP contribution in [0.1, 0.15) is 11.1 Å². The monoisotopic (exact) mass is 300 g/mol. The molecule has 14 heavy (non-hydrogen) atoms. The molecule has 4 heteroatoms. The molecule has 0 aliphatic heterocycles. The van der Waals surface area contributed by atoms with E-state index in [1.54, 1.807) is 0 Å². The highest BCUT2D eigenvalue weighted by atomic mass is 127. The molecule has 0 saturated carbocycles. The first kappa shape index (κ1) is 9.64. The molecule has 72 valence electrons. The molecule has 1 heterocycles. The Balaban J connectivity index is 2.57. The average molecular weight is 300 g/mol. The fourth-order valence-corrected chi connectivity index (χ4v) is 1.62. The molecule has 2 rings (SSSR count). The smallest absolute Gasteiger partial charge is 0.258 e. The molecule has 0 bridgehead atoms. The molecule has 0 aliphatic carbocycles. The van der Waals surface area contributed by atoms with E-state index in [2.05, 4.69) is 30.1 Å². The van der Waals surface area contributed by atoms with Crippen LogP contribution in [0, 0.1) is 17.7 Å². The average Bonchev–Trinajstić information content (AvgIpc) is 2.57. The maximum Gasteiger partial charge on any atom is 0.258 e. The second-order valence-corrected chi connectivity index (χ2v) is 4.08. The first-order valence-corrected chi connectivity index (χ1v) is 5.32. The maximum absolute atomic E-state index is 5.12. The molecule has 0 atom stereocenters. The van der Waals surface area contributed by atoms with Crippen molar-refractivity contribution in [3.05, 3.63) is 33.2 Å². The first-order chi connectivity index (χ1) is 6.68. The van der Waals surface area contributed by atoms with E-state index in [9.17, 15) is 0 Å². The van der Waals surface area contributed by atoms with Crippen LogP contribution in [0.2, 0.25) is 0 Å². The van der Waals surface area contributed by atoms with Crippen LogP contribution < -0.4 is 0 Å². The number of hydrogen-bond donors (Lipinski definition) is 0. The van der Waals surface area contributed by atoms with Crippen LogP contribution >= 0.6 is 22.6 Å². The normalized spacial score (nSPS) is 10.5. The Kier molecular flexibility index (Phi) is 2.54. The van der Waals surface area contributed by atoms with Gasteiger partial charge in [-0.05, 0) is 31.0 Å². The van der Waals surface area contributed by atoms with E-state index in [0.717, 1.165) is 5.56 Å². The minimum Gasteiger partial charge on any atom is -0.333 e. The van der Waals surface area contributed by atoms with Crippen molar-refractivity contribution in [3.63, 3.8) is 0 Å². The molecule has 0 N–H and O–H groups in total. The summed E-state index contributed by atoms with van der Waals surface area (Å²) in [4.78, 5) is 4.19. The molecule has 1 aromatic heterocycles. The topological polar surface area (TPSA) is 38.9 Å². The lowest BCUT2D eigenvalue weighted by atomic mass is 10.0. The van der Waals surface area contributed by atoms with Crippen molar-refractivity contribution in [2.45, 2.75) is 13.8 Å². The van der Waals surface area contributed by atoms with Crippen LogP contribution in [0.25, 0.3) is 11.5 Å². The van der Waals surface area contributed by atoms with Crippen molar-refractivity contribution >= 4 is 22.6 Å². The molecule has 2 aromatic rings. The highest BCUT2D eigenvalue weighted by Crippen LogP contribution is 2.23. The van der Waals surface area contributed by atoms with Gasteiger partial charge in [0.1, 0.15) is 0 Å².